The molecule has 2 heterocycles. The first kappa shape index (κ1) is 21.7. The van der Waals surface area contributed by atoms with Gasteiger partial charge in [0.1, 0.15) is 0 Å². The van der Waals surface area contributed by atoms with Gasteiger partial charge in [-0.15, -0.1) is 0 Å². The summed E-state index contributed by atoms with van der Waals surface area (Å²) in [5.74, 6) is 0.317. The first-order valence-electron chi connectivity index (χ1n) is 11.3. The molecule has 4 heteroatoms. The Bertz CT molecular complexity index is 368. The fourth-order valence-corrected chi connectivity index (χ4v) is 3.94. The van der Waals surface area contributed by atoms with Gasteiger partial charge in [0, 0.05) is 19.5 Å². The molecule has 2 rings (SSSR count). The van der Waals surface area contributed by atoms with Gasteiger partial charge in [-0.25, -0.2) is 0 Å². The van der Waals surface area contributed by atoms with Gasteiger partial charge in [0.2, 0.25) is 5.91 Å². The number of ether oxygens (including phenoxy) is 2. The molecule has 26 heavy (non-hydrogen) atoms. The maximum Gasteiger partial charge on any atom is 0.222 e. The Morgan fingerprint density at radius 1 is 0.808 bits per heavy atom. The second-order valence-corrected chi connectivity index (χ2v) is 8.07. The molecular weight excluding hydrogens is 326 g/mol. The van der Waals surface area contributed by atoms with E-state index in [9.17, 15) is 4.79 Å². The Morgan fingerprint density at radius 2 is 1.35 bits per heavy atom. The van der Waals surface area contributed by atoms with Crippen molar-refractivity contribution in [3.63, 3.8) is 0 Å². The van der Waals surface area contributed by atoms with Crippen molar-refractivity contribution in [1.82, 2.24) is 4.90 Å². The zero-order valence-corrected chi connectivity index (χ0v) is 17.1. The Hall–Kier alpha value is -0.610. The van der Waals surface area contributed by atoms with Gasteiger partial charge in [-0.3, -0.25) is 4.79 Å². The summed E-state index contributed by atoms with van der Waals surface area (Å²) in [6, 6.07) is 0. The Labute approximate surface area is 161 Å². The molecule has 0 bridgehead atoms. The van der Waals surface area contributed by atoms with Crippen LogP contribution in [0.5, 0.6) is 0 Å². The Morgan fingerprint density at radius 3 is 1.96 bits per heavy atom. The molecule has 152 valence electrons. The van der Waals surface area contributed by atoms with E-state index in [1.165, 1.54) is 77.0 Å². The second-order valence-electron chi connectivity index (χ2n) is 8.07. The summed E-state index contributed by atoms with van der Waals surface area (Å²) >= 11 is 0. The van der Waals surface area contributed by atoms with Gasteiger partial charge in [0.05, 0.1) is 25.4 Å². The minimum absolute atomic E-state index is 0.317. The number of epoxide rings is 1. The lowest BCUT2D eigenvalue weighted by Crippen LogP contribution is -2.40. The van der Waals surface area contributed by atoms with Crippen molar-refractivity contribution in [1.29, 1.82) is 0 Å². The average Bonchev–Trinajstić information content (AvgIpc) is 3.42. The Balaban J connectivity index is 1.32. The molecule has 4 nitrogen and oxygen atoms in total. The average molecular weight is 368 g/mol. The summed E-state index contributed by atoms with van der Waals surface area (Å²) in [7, 11) is 0. The van der Waals surface area contributed by atoms with E-state index >= 15 is 0 Å². The van der Waals surface area contributed by atoms with Crippen LogP contribution in [-0.2, 0) is 14.3 Å². The van der Waals surface area contributed by atoms with Crippen LogP contribution in [0.25, 0.3) is 0 Å². The second kappa shape index (κ2) is 13.5. The lowest BCUT2D eigenvalue weighted by molar-refractivity contribution is -0.135. The number of rotatable bonds is 15. The molecule has 0 spiro atoms. The first-order valence-corrected chi connectivity index (χ1v) is 11.3. The summed E-state index contributed by atoms with van der Waals surface area (Å²) in [6.07, 6.45) is 18.7. The highest BCUT2D eigenvalue weighted by molar-refractivity contribution is 5.76. The molecule has 0 aromatic rings. The molecule has 0 aromatic heterocycles. The minimum atomic E-state index is 0.317. The maximum absolute atomic E-state index is 12.0. The molecule has 2 aliphatic rings. The van der Waals surface area contributed by atoms with Gasteiger partial charge in [-0.1, -0.05) is 71.1 Å². The van der Waals surface area contributed by atoms with Gasteiger partial charge in [-0.2, -0.15) is 0 Å². The van der Waals surface area contributed by atoms with Crippen molar-refractivity contribution in [2.45, 2.75) is 109 Å². The topological polar surface area (TPSA) is 42.1 Å². The van der Waals surface area contributed by atoms with Crippen molar-refractivity contribution >= 4 is 5.91 Å². The van der Waals surface area contributed by atoms with Crippen LogP contribution in [0.15, 0.2) is 0 Å². The standard InChI is InChI=1S/C22H41NO3/c1-2-3-4-5-7-10-13-20-21(26-20)14-11-8-6-9-12-15-22(24)23-16-18-25-19-17-23/h20-21H,2-19H2,1H3. The van der Waals surface area contributed by atoms with E-state index in [1.807, 2.05) is 4.90 Å². The molecule has 2 fully saturated rings. The third kappa shape index (κ3) is 9.36. The van der Waals surface area contributed by atoms with Gasteiger partial charge in [0.25, 0.3) is 0 Å². The Kier molecular flexibility index (Phi) is 11.3. The van der Waals surface area contributed by atoms with Crippen LogP contribution < -0.4 is 0 Å². The third-order valence-corrected chi connectivity index (χ3v) is 5.77. The van der Waals surface area contributed by atoms with Gasteiger partial charge >= 0.3 is 0 Å². The van der Waals surface area contributed by atoms with Crippen LogP contribution in [0.4, 0.5) is 0 Å². The van der Waals surface area contributed by atoms with Crippen LogP contribution in [0.2, 0.25) is 0 Å². The fraction of sp³-hybridized carbons (Fsp3) is 0.955. The summed E-state index contributed by atoms with van der Waals surface area (Å²) in [4.78, 5) is 14.0. The largest absolute Gasteiger partial charge is 0.378 e. The van der Waals surface area contributed by atoms with Crippen molar-refractivity contribution < 1.29 is 14.3 Å². The number of amides is 1. The highest BCUT2D eigenvalue weighted by Crippen LogP contribution is 2.31. The van der Waals surface area contributed by atoms with E-state index in [4.69, 9.17) is 9.47 Å². The number of hydrogen-bond acceptors (Lipinski definition) is 3. The number of morpholine rings is 1. The zero-order valence-electron chi connectivity index (χ0n) is 17.1. The third-order valence-electron chi connectivity index (χ3n) is 5.77. The molecule has 2 saturated heterocycles. The number of unbranched alkanes of at least 4 members (excludes halogenated alkanes) is 9. The number of carbonyl (C=O) groups excluding carboxylic acids is 1. The summed E-state index contributed by atoms with van der Waals surface area (Å²) in [5.41, 5.74) is 0. The first-order chi connectivity index (χ1) is 12.8. The van der Waals surface area contributed by atoms with Crippen LogP contribution in [0.1, 0.15) is 96.8 Å². The molecule has 0 aromatic carbocycles. The van der Waals surface area contributed by atoms with E-state index in [-0.39, 0.29) is 0 Å². The van der Waals surface area contributed by atoms with Crippen molar-refractivity contribution in [2.24, 2.45) is 0 Å². The molecule has 0 radical (unpaired) electrons. The van der Waals surface area contributed by atoms with Gasteiger partial charge in [0.15, 0.2) is 0 Å². The summed E-state index contributed by atoms with van der Waals surface area (Å²) in [5, 5.41) is 0. The van der Waals surface area contributed by atoms with Crippen molar-refractivity contribution in [3.05, 3.63) is 0 Å². The fourth-order valence-electron chi connectivity index (χ4n) is 3.94. The molecule has 0 saturated carbocycles. The van der Waals surface area contributed by atoms with E-state index in [0.717, 1.165) is 19.5 Å². The van der Waals surface area contributed by atoms with Crippen LogP contribution in [-0.4, -0.2) is 49.3 Å². The normalized spacial score (nSPS) is 22.6. The summed E-state index contributed by atoms with van der Waals surface area (Å²) < 4.78 is 11.1. The number of hydrogen-bond donors (Lipinski definition) is 0. The van der Waals surface area contributed by atoms with Gasteiger partial charge in [-0.05, 0) is 19.3 Å². The quantitative estimate of drug-likeness (QED) is 0.299. The van der Waals surface area contributed by atoms with Crippen LogP contribution in [0.3, 0.4) is 0 Å². The predicted molar refractivity (Wildman–Crippen MR) is 106 cm³/mol. The highest BCUT2D eigenvalue weighted by atomic mass is 16.6. The lowest BCUT2D eigenvalue weighted by atomic mass is 10.0. The molecule has 0 N–H and O–H groups in total. The lowest BCUT2D eigenvalue weighted by Gasteiger charge is -2.26. The monoisotopic (exact) mass is 367 g/mol. The molecule has 1 amide bonds. The molecule has 2 aliphatic heterocycles. The maximum atomic E-state index is 12.0. The number of carbonyl (C=O) groups is 1. The van der Waals surface area contributed by atoms with Gasteiger partial charge < -0.3 is 14.4 Å². The van der Waals surface area contributed by atoms with E-state index < -0.39 is 0 Å². The zero-order chi connectivity index (χ0) is 18.5. The molecule has 2 unspecified atom stereocenters. The van der Waals surface area contributed by atoms with E-state index in [0.29, 0.717) is 37.7 Å². The highest BCUT2D eigenvalue weighted by Gasteiger charge is 2.36. The molecule has 0 aliphatic carbocycles. The van der Waals surface area contributed by atoms with E-state index in [2.05, 4.69) is 6.92 Å². The molecular formula is C22H41NO3. The summed E-state index contributed by atoms with van der Waals surface area (Å²) in [6.45, 7) is 5.23. The van der Waals surface area contributed by atoms with Crippen molar-refractivity contribution in [3.8, 4) is 0 Å². The van der Waals surface area contributed by atoms with Crippen LogP contribution in [0, 0.1) is 0 Å². The SMILES string of the molecule is CCCCCCCCC1OC1CCCCCCCC(=O)N1CCOCC1. The minimum Gasteiger partial charge on any atom is -0.378 e. The number of nitrogens with zero attached hydrogens (tertiary/aromatic N) is 1. The predicted octanol–water partition coefficient (Wildman–Crippen LogP) is 5.09. The van der Waals surface area contributed by atoms with Crippen molar-refractivity contribution in [2.75, 3.05) is 26.3 Å². The van der Waals surface area contributed by atoms with Crippen LogP contribution >= 0.6 is 0 Å². The van der Waals surface area contributed by atoms with E-state index in [1.54, 1.807) is 0 Å². The molecule has 2 atom stereocenters. The smallest absolute Gasteiger partial charge is 0.222 e.